The van der Waals surface area contributed by atoms with Crippen molar-refractivity contribution in [3.63, 3.8) is 0 Å². The third-order valence-electron chi connectivity index (χ3n) is 3.73. The number of nitrogens with zero attached hydrogens (tertiary/aromatic N) is 1. The number of hydrogen-bond acceptors (Lipinski definition) is 2. The summed E-state index contributed by atoms with van der Waals surface area (Å²) in [6, 6.07) is 14.6. The third-order valence-corrected chi connectivity index (χ3v) is 3.73. The highest BCUT2D eigenvalue weighted by molar-refractivity contribution is 5.83. The average Bonchev–Trinajstić information content (AvgIpc) is 2.70. The Bertz CT molecular complexity index is 551. The van der Waals surface area contributed by atoms with Gasteiger partial charge in [0.1, 0.15) is 5.60 Å². The van der Waals surface area contributed by atoms with Gasteiger partial charge in [-0.2, -0.15) is 0 Å². The maximum atomic E-state index is 10.7. The Hall–Kier alpha value is -1.38. The van der Waals surface area contributed by atoms with Gasteiger partial charge >= 0.3 is 0 Å². The van der Waals surface area contributed by atoms with E-state index in [-0.39, 0.29) is 0 Å². The lowest BCUT2D eigenvalue weighted by atomic mass is 9.91. The fourth-order valence-corrected chi connectivity index (χ4v) is 2.69. The van der Waals surface area contributed by atoms with E-state index < -0.39 is 5.60 Å². The number of aliphatic hydroxyl groups is 1. The van der Waals surface area contributed by atoms with E-state index in [9.17, 15) is 5.11 Å². The van der Waals surface area contributed by atoms with Crippen molar-refractivity contribution in [2.45, 2.75) is 12.0 Å². The lowest BCUT2D eigenvalue weighted by Gasteiger charge is -2.23. The van der Waals surface area contributed by atoms with E-state index >= 15 is 0 Å². The van der Waals surface area contributed by atoms with Crippen molar-refractivity contribution in [3.05, 3.63) is 48.0 Å². The fourth-order valence-electron chi connectivity index (χ4n) is 2.69. The minimum absolute atomic E-state index is 0.668. The number of hydrogen-bond donors (Lipinski definition) is 1. The second-order valence-electron chi connectivity index (χ2n) is 5.08. The number of β-amino-alcohol motifs (C(OH)–C–C–N with tert-alkyl or cyclic N) is 1. The molecule has 0 aliphatic carbocycles. The van der Waals surface area contributed by atoms with E-state index in [1.807, 2.05) is 12.1 Å². The Morgan fingerprint density at radius 3 is 2.59 bits per heavy atom. The first kappa shape index (κ1) is 10.8. The van der Waals surface area contributed by atoms with Gasteiger partial charge in [0, 0.05) is 13.1 Å². The summed E-state index contributed by atoms with van der Waals surface area (Å²) in [6.45, 7) is 1.69. The summed E-state index contributed by atoms with van der Waals surface area (Å²) in [5.74, 6) is 0. The smallest absolute Gasteiger partial charge is 0.103 e. The Labute approximate surface area is 101 Å². The quantitative estimate of drug-likeness (QED) is 0.808. The summed E-state index contributed by atoms with van der Waals surface area (Å²) in [4.78, 5) is 2.18. The summed E-state index contributed by atoms with van der Waals surface area (Å²) in [7, 11) is 2.05. The zero-order valence-corrected chi connectivity index (χ0v) is 10.1. The zero-order chi connectivity index (χ0) is 11.9. The van der Waals surface area contributed by atoms with Gasteiger partial charge in [-0.05, 0) is 35.9 Å². The highest BCUT2D eigenvalue weighted by atomic mass is 16.3. The van der Waals surface area contributed by atoms with Crippen molar-refractivity contribution in [2.75, 3.05) is 20.1 Å². The minimum Gasteiger partial charge on any atom is -0.384 e. The maximum absolute atomic E-state index is 10.7. The van der Waals surface area contributed by atoms with Crippen LogP contribution in [-0.4, -0.2) is 30.1 Å². The average molecular weight is 227 g/mol. The number of fused-ring (bicyclic) bond motifs is 1. The summed E-state index contributed by atoms with van der Waals surface area (Å²) >= 11 is 0. The van der Waals surface area contributed by atoms with Gasteiger partial charge in [0.2, 0.25) is 0 Å². The molecule has 0 radical (unpaired) electrons. The molecule has 1 aliphatic heterocycles. The van der Waals surface area contributed by atoms with E-state index in [4.69, 9.17) is 0 Å². The third kappa shape index (κ3) is 1.84. The lowest BCUT2D eigenvalue weighted by Crippen LogP contribution is -2.29. The van der Waals surface area contributed by atoms with Gasteiger partial charge < -0.3 is 10.0 Å². The Morgan fingerprint density at radius 1 is 1.12 bits per heavy atom. The predicted molar refractivity (Wildman–Crippen MR) is 70.0 cm³/mol. The molecule has 0 aromatic heterocycles. The SMILES string of the molecule is CN1CCC(O)(c2ccc3ccccc3c2)C1. The number of likely N-dealkylation sites (tertiary alicyclic amines) is 1. The molecule has 2 aromatic carbocycles. The van der Waals surface area contributed by atoms with Crippen molar-refractivity contribution in [1.29, 1.82) is 0 Å². The molecule has 1 atom stereocenters. The molecule has 0 bridgehead atoms. The van der Waals surface area contributed by atoms with Crippen LogP contribution in [0.4, 0.5) is 0 Å². The van der Waals surface area contributed by atoms with Gasteiger partial charge in [-0.25, -0.2) is 0 Å². The molecular formula is C15H17NO. The molecule has 2 aromatic rings. The van der Waals surface area contributed by atoms with Gasteiger partial charge in [-0.15, -0.1) is 0 Å². The molecule has 1 aliphatic rings. The normalized spacial score (nSPS) is 25.5. The number of likely N-dealkylation sites (N-methyl/N-ethyl adjacent to an activating group) is 1. The van der Waals surface area contributed by atoms with Crippen molar-refractivity contribution < 1.29 is 5.11 Å². The first-order valence-corrected chi connectivity index (χ1v) is 6.08. The lowest BCUT2D eigenvalue weighted by molar-refractivity contribution is 0.0490. The minimum atomic E-state index is -0.668. The molecule has 0 amide bonds. The monoisotopic (exact) mass is 227 g/mol. The molecule has 1 heterocycles. The van der Waals surface area contributed by atoms with E-state index in [1.54, 1.807) is 0 Å². The Morgan fingerprint density at radius 2 is 1.88 bits per heavy atom. The van der Waals surface area contributed by atoms with E-state index in [2.05, 4.69) is 42.3 Å². The van der Waals surface area contributed by atoms with Crippen LogP contribution in [0, 0.1) is 0 Å². The first-order valence-electron chi connectivity index (χ1n) is 6.08. The van der Waals surface area contributed by atoms with E-state index in [1.165, 1.54) is 10.8 Å². The highest BCUT2D eigenvalue weighted by Crippen LogP contribution is 2.32. The number of rotatable bonds is 1. The molecule has 88 valence electrons. The predicted octanol–water partition coefficient (Wildman–Crippen LogP) is 2.36. The van der Waals surface area contributed by atoms with Crippen molar-refractivity contribution >= 4 is 10.8 Å². The molecule has 0 saturated carbocycles. The molecule has 1 unspecified atom stereocenters. The van der Waals surface area contributed by atoms with Crippen LogP contribution < -0.4 is 0 Å². The molecule has 2 heteroatoms. The molecule has 1 N–H and O–H groups in total. The van der Waals surface area contributed by atoms with Gasteiger partial charge in [0.25, 0.3) is 0 Å². The van der Waals surface area contributed by atoms with E-state index in [0.717, 1.165) is 25.1 Å². The standard InChI is InChI=1S/C15H17NO/c1-16-9-8-15(17,11-16)14-7-6-12-4-2-3-5-13(12)10-14/h2-7,10,17H,8-9,11H2,1H3. The fraction of sp³-hybridized carbons (Fsp3) is 0.333. The van der Waals surface area contributed by atoms with Crippen LogP contribution in [0.25, 0.3) is 10.8 Å². The summed E-state index contributed by atoms with van der Waals surface area (Å²) in [6.07, 6.45) is 0.821. The van der Waals surface area contributed by atoms with Crippen LogP contribution in [0.15, 0.2) is 42.5 Å². The second kappa shape index (κ2) is 3.83. The van der Waals surface area contributed by atoms with Crippen LogP contribution in [0.2, 0.25) is 0 Å². The van der Waals surface area contributed by atoms with E-state index in [0.29, 0.717) is 0 Å². The Balaban J connectivity index is 2.06. The summed E-state index contributed by atoms with van der Waals surface area (Å²) in [5, 5.41) is 13.1. The van der Waals surface area contributed by atoms with Gasteiger partial charge in [0.15, 0.2) is 0 Å². The largest absolute Gasteiger partial charge is 0.384 e. The van der Waals surface area contributed by atoms with Crippen LogP contribution in [0.3, 0.4) is 0 Å². The first-order chi connectivity index (χ1) is 8.17. The van der Waals surface area contributed by atoms with Crippen LogP contribution >= 0.6 is 0 Å². The van der Waals surface area contributed by atoms with Gasteiger partial charge in [0.05, 0.1) is 0 Å². The zero-order valence-electron chi connectivity index (χ0n) is 10.1. The van der Waals surface area contributed by atoms with Gasteiger partial charge in [-0.3, -0.25) is 0 Å². The second-order valence-corrected chi connectivity index (χ2v) is 5.08. The molecule has 17 heavy (non-hydrogen) atoms. The molecular weight excluding hydrogens is 210 g/mol. The van der Waals surface area contributed by atoms with Gasteiger partial charge in [-0.1, -0.05) is 36.4 Å². The topological polar surface area (TPSA) is 23.5 Å². The molecule has 2 nitrogen and oxygen atoms in total. The Kier molecular flexibility index (Phi) is 2.42. The van der Waals surface area contributed by atoms with Crippen molar-refractivity contribution in [3.8, 4) is 0 Å². The van der Waals surface area contributed by atoms with Crippen molar-refractivity contribution in [1.82, 2.24) is 4.90 Å². The molecule has 1 fully saturated rings. The van der Waals surface area contributed by atoms with Crippen molar-refractivity contribution in [2.24, 2.45) is 0 Å². The molecule has 1 saturated heterocycles. The highest BCUT2D eigenvalue weighted by Gasteiger charge is 2.35. The van der Waals surface area contributed by atoms with Crippen LogP contribution in [-0.2, 0) is 5.60 Å². The van der Waals surface area contributed by atoms with Crippen LogP contribution in [0.5, 0.6) is 0 Å². The van der Waals surface area contributed by atoms with Crippen LogP contribution in [0.1, 0.15) is 12.0 Å². The maximum Gasteiger partial charge on any atom is 0.103 e. The summed E-state index contributed by atoms with van der Waals surface area (Å²) < 4.78 is 0. The summed E-state index contributed by atoms with van der Waals surface area (Å²) in [5.41, 5.74) is 0.374. The molecule has 0 spiro atoms. The number of benzene rings is 2. The molecule has 3 rings (SSSR count).